The highest BCUT2D eigenvalue weighted by molar-refractivity contribution is 5.88. The summed E-state index contributed by atoms with van der Waals surface area (Å²) in [5.41, 5.74) is 0.830. The first kappa shape index (κ1) is 22.4. The minimum atomic E-state index is -1.42. The summed E-state index contributed by atoms with van der Waals surface area (Å²) < 4.78 is 40.1. The molecule has 0 spiro atoms. The smallest absolute Gasteiger partial charge is 0.220 e. The fourth-order valence-corrected chi connectivity index (χ4v) is 4.19. The molecule has 2 aromatic heterocycles. The molecule has 0 radical (unpaired) electrons. The van der Waals surface area contributed by atoms with Gasteiger partial charge in [-0.05, 0) is 39.7 Å². The van der Waals surface area contributed by atoms with Crippen molar-refractivity contribution in [3.8, 4) is 11.9 Å². The van der Waals surface area contributed by atoms with Crippen LogP contribution in [0.3, 0.4) is 0 Å². The van der Waals surface area contributed by atoms with Crippen molar-refractivity contribution >= 4 is 16.9 Å². The van der Waals surface area contributed by atoms with E-state index in [0.29, 0.717) is 52.9 Å². The van der Waals surface area contributed by atoms with Crippen LogP contribution in [0.5, 0.6) is 5.88 Å². The number of nitriles is 1. The Morgan fingerprint density at radius 3 is 2.56 bits per heavy atom. The molecule has 1 aliphatic carbocycles. The van der Waals surface area contributed by atoms with Gasteiger partial charge in [0.15, 0.2) is 5.65 Å². The van der Waals surface area contributed by atoms with E-state index in [9.17, 15) is 14.0 Å². The zero-order valence-corrected chi connectivity index (χ0v) is 19.2. The van der Waals surface area contributed by atoms with Crippen molar-refractivity contribution in [3.05, 3.63) is 52.6 Å². The lowest BCUT2D eigenvalue weighted by Crippen LogP contribution is -2.39. The second kappa shape index (κ2) is 8.44. The van der Waals surface area contributed by atoms with Crippen LogP contribution in [0.15, 0.2) is 24.3 Å². The second-order valence-electron chi connectivity index (χ2n) is 9.04. The molecule has 7 nitrogen and oxygen atoms in total. The number of anilines is 1. The SMILES string of the molecule is Cc1nc(N[C@H](C)c2cccc(C(C)F)c2F)c2cc(C3(C#N)CC3)c(OC3COC3)nc2n1. The maximum Gasteiger partial charge on any atom is 0.220 e. The molecular weight excluding hydrogens is 440 g/mol. The zero-order chi connectivity index (χ0) is 24.0. The quantitative estimate of drug-likeness (QED) is 0.524. The number of hydrogen-bond acceptors (Lipinski definition) is 7. The number of aryl methyl sites for hydroxylation is 1. The number of nitrogens with one attached hydrogen (secondary N) is 1. The van der Waals surface area contributed by atoms with Crippen LogP contribution < -0.4 is 10.1 Å². The molecule has 176 valence electrons. The van der Waals surface area contributed by atoms with E-state index < -0.39 is 23.4 Å². The maximum atomic E-state index is 15.0. The molecule has 1 saturated carbocycles. The Labute approximate surface area is 196 Å². The number of rotatable bonds is 7. The Kier molecular flexibility index (Phi) is 5.56. The van der Waals surface area contributed by atoms with Crippen molar-refractivity contribution in [3.63, 3.8) is 0 Å². The Bertz CT molecular complexity index is 1300. The van der Waals surface area contributed by atoms with Crippen molar-refractivity contribution in [2.45, 2.75) is 57.3 Å². The lowest BCUT2D eigenvalue weighted by Gasteiger charge is -2.28. The first-order valence-electron chi connectivity index (χ1n) is 11.4. The lowest BCUT2D eigenvalue weighted by molar-refractivity contribution is -0.0816. The van der Waals surface area contributed by atoms with Gasteiger partial charge in [-0.3, -0.25) is 0 Å². The van der Waals surface area contributed by atoms with E-state index in [2.05, 4.69) is 26.3 Å². The van der Waals surface area contributed by atoms with Crippen LogP contribution in [-0.4, -0.2) is 34.3 Å². The van der Waals surface area contributed by atoms with E-state index in [-0.39, 0.29) is 11.7 Å². The fraction of sp³-hybridized carbons (Fsp3) is 0.440. The van der Waals surface area contributed by atoms with Crippen LogP contribution in [0.1, 0.15) is 61.4 Å². The van der Waals surface area contributed by atoms with Gasteiger partial charge < -0.3 is 14.8 Å². The standard InChI is InChI=1S/C25H25F2N5O2/c1-13(26)17-5-4-6-18(21(17)27)14(2)29-22-19-9-20(25(12-28)7-8-25)24(34-16-10-33-11-16)32-23(19)31-15(3)30-22/h4-6,9,13-14,16H,7-8,10-11H2,1-3H3,(H,29,30,31,32)/t13?,14-/m1/s1. The monoisotopic (exact) mass is 465 g/mol. The molecule has 1 unspecified atom stereocenters. The van der Waals surface area contributed by atoms with E-state index in [0.717, 1.165) is 12.8 Å². The van der Waals surface area contributed by atoms with Crippen LogP contribution in [-0.2, 0) is 10.2 Å². The minimum absolute atomic E-state index is 0.0188. The Morgan fingerprint density at radius 2 is 1.94 bits per heavy atom. The summed E-state index contributed by atoms with van der Waals surface area (Å²) in [6.45, 7) is 5.80. The predicted octanol–water partition coefficient (Wildman–Crippen LogP) is 5.01. The molecular formula is C25H25F2N5O2. The van der Waals surface area contributed by atoms with Crippen LogP contribution >= 0.6 is 0 Å². The van der Waals surface area contributed by atoms with Gasteiger partial charge in [0.05, 0.1) is 36.1 Å². The average molecular weight is 466 g/mol. The van der Waals surface area contributed by atoms with E-state index in [1.165, 1.54) is 13.0 Å². The highest BCUT2D eigenvalue weighted by Gasteiger charge is 2.48. The van der Waals surface area contributed by atoms with Gasteiger partial charge in [-0.15, -0.1) is 0 Å². The van der Waals surface area contributed by atoms with Crippen molar-refractivity contribution < 1.29 is 18.3 Å². The predicted molar refractivity (Wildman–Crippen MR) is 122 cm³/mol. The number of alkyl halides is 1. The van der Waals surface area contributed by atoms with Crippen LogP contribution in [0.25, 0.3) is 11.0 Å². The summed E-state index contributed by atoms with van der Waals surface area (Å²) in [5, 5.41) is 13.7. The Balaban J connectivity index is 1.57. The maximum absolute atomic E-state index is 15.0. The number of benzene rings is 1. The molecule has 2 atom stereocenters. The van der Waals surface area contributed by atoms with Gasteiger partial charge >= 0.3 is 0 Å². The molecule has 3 heterocycles. The molecule has 2 fully saturated rings. The fourth-order valence-electron chi connectivity index (χ4n) is 4.19. The summed E-state index contributed by atoms with van der Waals surface area (Å²) in [6, 6.07) is 8.47. The highest BCUT2D eigenvalue weighted by Crippen LogP contribution is 2.51. The second-order valence-corrected chi connectivity index (χ2v) is 9.04. The van der Waals surface area contributed by atoms with Gasteiger partial charge in [0.2, 0.25) is 5.88 Å². The molecule has 5 rings (SSSR count). The lowest BCUT2D eigenvalue weighted by atomic mass is 9.97. The van der Waals surface area contributed by atoms with Crippen molar-refractivity contribution in [1.29, 1.82) is 5.26 Å². The third-order valence-corrected chi connectivity index (χ3v) is 6.44. The number of ether oxygens (including phenoxy) is 2. The molecule has 1 aromatic carbocycles. The Hall–Kier alpha value is -3.38. The molecule has 1 saturated heterocycles. The summed E-state index contributed by atoms with van der Waals surface area (Å²) in [6.07, 6.45) is -0.0768. The van der Waals surface area contributed by atoms with Gasteiger partial charge in [-0.25, -0.2) is 18.7 Å². The van der Waals surface area contributed by atoms with E-state index in [1.807, 2.05) is 6.07 Å². The molecule has 0 amide bonds. The van der Waals surface area contributed by atoms with E-state index in [1.54, 1.807) is 26.0 Å². The molecule has 0 bridgehead atoms. The molecule has 34 heavy (non-hydrogen) atoms. The van der Waals surface area contributed by atoms with E-state index in [4.69, 9.17) is 9.47 Å². The topological polar surface area (TPSA) is 93.0 Å². The van der Waals surface area contributed by atoms with Crippen molar-refractivity contribution in [1.82, 2.24) is 15.0 Å². The average Bonchev–Trinajstić information content (AvgIpc) is 3.56. The first-order valence-corrected chi connectivity index (χ1v) is 11.4. The van der Waals surface area contributed by atoms with Gasteiger partial charge in [0.25, 0.3) is 0 Å². The number of pyridine rings is 1. The van der Waals surface area contributed by atoms with Crippen LogP contribution in [0, 0.1) is 24.1 Å². The third kappa shape index (κ3) is 3.92. The molecule has 1 N–H and O–H groups in total. The molecule has 9 heteroatoms. The number of nitrogens with zero attached hydrogens (tertiary/aromatic N) is 4. The summed E-state index contributed by atoms with van der Waals surface area (Å²) >= 11 is 0. The highest BCUT2D eigenvalue weighted by atomic mass is 19.1. The van der Waals surface area contributed by atoms with Crippen LogP contribution in [0.4, 0.5) is 14.6 Å². The number of fused-ring (bicyclic) bond motifs is 1. The van der Waals surface area contributed by atoms with Gasteiger partial charge in [-0.1, -0.05) is 18.2 Å². The molecule has 3 aromatic rings. The van der Waals surface area contributed by atoms with Gasteiger partial charge in [0.1, 0.15) is 29.7 Å². The van der Waals surface area contributed by atoms with E-state index >= 15 is 0 Å². The number of hydrogen-bond donors (Lipinski definition) is 1. The summed E-state index contributed by atoms with van der Waals surface area (Å²) in [7, 11) is 0. The van der Waals surface area contributed by atoms with Crippen molar-refractivity contribution in [2.75, 3.05) is 18.5 Å². The van der Waals surface area contributed by atoms with Gasteiger partial charge in [-0.2, -0.15) is 10.2 Å². The first-order chi connectivity index (χ1) is 16.3. The number of aromatic nitrogens is 3. The number of halogens is 2. The zero-order valence-electron chi connectivity index (χ0n) is 19.2. The van der Waals surface area contributed by atoms with Gasteiger partial charge in [0, 0.05) is 16.7 Å². The molecule has 1 aliphatic heterocycles. The summed E-state index contributed by atoms with van der Waals surface area (Å²) in [4.78, 5) is 13.7. The Morgan fingerprint density at radius 1 is 1.21 bits per heavy atom. The summed E-state index contributed by atoms with van der Waals surface area (Å²) in [5.74, 6) is 0.765. The minimum Gasteiger partial charge on any atom is -0.469 e. The molecule has 2 aliphatic rings. The van der Waals surface area contributed by atoms with Crippen molar-refractivity contribution in [2.24, 2.45) is 0 Å². The van der Waals surface area contributed by atoms with Crippen LogP contribution in [0.2, 0.25) is 0 Å². The normalized spacial score (nSPS) is 18.6. The third-order valence-electron chi connectivity index (χ3n) is 6.44. The largest absolute Gasteiger partial charge is 0.469 e.